The Balaban J connectivity index is 2.25. The predicted molar refractivity (Wildman–Crippen MR) is 109 cm³/mol. The third-order valence-electron chi connectivity index (χ3n) is 3.67. The first-order chi connectivity index (χ1) is 13.4. The Morgan fingerprint density at radius 2 is 1.93 bits per heavy atom. The van der Waals surface area contributed by atoms with Gasteiger partial charge in [0.05, 0.1) is 23.4 Å². The third kappa shape index (κ3) is 5.35. The predicted octanol–water partition coefficient (Wildman–Crippen LogP) is 5.04. The van der Waals surface area contributed by atoms with Gasteiger partial charge in [-0.25, -0.2) is 4.79 Å². The lowest BCUT2D eigenvalue weighted by Gasteiger charge is -2.15. The molecular weight excluding hydrogens is 403 g/mol. The number of aliphatic carboxylic acids is 1. The van der Waals surface area contributed by atoms with Gasteiger partial charge in [-0.1, -0.05) is 53.4 Å². The van der Waals surface area contributed by atoms with Crippen molar-refractivity contribution in [2.75, 3.05) is 7.11 Å². The Kier molecular flexibility index (Phi) is 7.62. The second kappa shape index (κ2) is 9.93. The van der Waals surface area contributed by atoms with Crippen molar-refractivity contribution in [3.8, 4) is 23.8 Å². The molecule has 2 aromatic carbocycles. The highest BCUT2D eigenvalue weighted by Gasteiger charge is 2.16. The first-order valence-electron chi connectivity index (χ1n) is 8.16. The molecular formula is C21H18Cl2O5. The van der Waals surface area contributed by atoms with Crippen molar-refractivity contribution in [3.63, 3.8) is 0 Å². The summed E-state index contributed by atoms with van der Waals surface area (Å²) in [5.74, 6) is 2.00. The molecule has 5 nitrogen and oxygen atoms in total. The molecule has 0 saturated carbocycles. The van der Waals surface area contributed by atoms with Crippen LogP contribution in [0.1, 0.15) is 18.1 Å². The maximum atomic E-state index is 11.5. The van der Waals surface area contributed by atoms with E-state index in [9.17, 15) is 9.90 Å². The number of halogens is 2. The Labute approximate surface area is 173 Å². The normalized spacial score (nSPS) is 12.0. The molecule has 1 N–H and O–H groups in total. The first-order valence-corrected chi connectivity index (χ1v) is 8.92. The molecule has 0 amide bonds. The summed E-state index contributed by atoms with van der Waals surface area (Å²) >= 11 is 12.4. The van der Waals surface area contributed by atoms with Crippen molar-refractivity contribution in [2.24, 2.45) is 0 Å². The van der Waals surface area contributed by atoms with Gasteiger partial charge in [-0.05, 0) is 18.1 Å². The summed E-state index contributed by atoms with van der Waals surface area (Å²) in [6, 6.07) is 10.1. The van der Waals surface area contributed by atoms with E-state index in [0.717, 1.165) is 0 Å². The van der Waals surface area contributed by atoms with Crippen LogP contribution in [0.2, 0.25) is 10.0 Å². The molecule has 2 aromatic rings. The molecule has 28 heavy (non-hydrogen) atoms. The smallest absolute Gasteiger partial charge is 0.339 e. The van der Waals surface area contributed by atoms with Gasteiger partial charge in [0, 0.05) is 12.1 Å². The summed E-state index contributed by atoms with van der Waals surface area (Å²) < 4.78 is 16.1. The summed E-state index contributed by atoms with van der Waals surface area (Å²) in [4.78, 5) is 11.5. The van der Waals surface area contributed by atoms with Crippen molar-refractivity contribution in [2.45, 2.75) is 19.6 Å². The quantitative estimate of drug-likeness (QED) is 0.367. The van der Waals surface area contributed by atoms with E-state index in [4.69, 9.17) is 43.8 Å². The Bertz CT molecular complexity index is 908. The molecule has 0 heterocycles. The summed E-state index contributed by atoms with van der Waals surface area (Å²) in [7, 11) is 1.39. The van der Waals surface area contributed by atoms with Crippen molar-refractivity contribution < 1.29 is 24.1 Å². The van der Waals surface area contributed by atoms with Gasteiger partial charge in [0.25, 0.3) is 0 Å². The highest BCUT2D eigenvalue weighted by Crippen LogP contribution is 2.37. The van der Waals surface area contributed by atoms with E-state index < -0.39 is 12.1 Å². The summed E-state index contributed by atoms with van der Waals surface area (Å²) in [5.41, 5.74) is 1.16. The highest BCUT2D eigenvalue weighted by molar-refractivity contribution is 6.37. The number of benzene rings is 2. The fourth-order valence-electron chi connectivity index (χ4n) is 2.36. The molecule has 146 valence electrons. The number of carboxylic acid groups (broad SMARTS) is 1. The van der Waals surface area contributed by atoms with E-state index in [1.54, 1.807) is 43.3 Å². The second-order valence-corrected chi connectivity index (χ2v) is 6.48. The molecule has 7 heteroatoms. The minimum absolute atomic E-state index is 0.0183. The third-order valence-corrected chi connectivity index (χ3v) is 4.23. The van der Waals surface area contributed by atoms with Crippen molar-refractivity contribution in [1.82, 2.24) is 0 Å². The average Bonchev–Trinajstić information content (AvgIpc) is 2.67. The van der Waals surface area contributed by atoms with Gasteiger partial charge >= 0.3 is 5.97 Å². The van der Waals surface area contributed by atoms with Gasteiger partial charge < -0.3 is 19.3 Å². The molecule has 0 bridgehead atoms. The minimum atomic E-state index is -1.11. The van der Waals surface area contributed by atoms with Crippen molar-refractivity contribution in [1.29, 1.82) is 0 Å². The van der Waals surface area contributed by atoms with Crippen LogP contribution in [0.3, 0.4) is 0 Å². The van der Waals surface area contributed by atoms with E-state index in [-0.39, 0.29) is 28.0 Å². The van der Waals surface area contributed by atoms with Gasteiger partial charge in [-0.2, -0.15) is 0 Å². The van der Waals surface area contributed by atoms with Crippen LogP contribution in [0.25, 0.3) is 5.57 Å². The molecule has 1 atom stereocenters. The molecule has 0 radical (unpaired) electrons. The number of hydrogen-bond acceptors (Lipinski definition) is 4. The molecule has 0 fully saturated rings. The molecule has 0 aliphatic rings. The molecule has 0 aromatic heterocycles. The van der Waals surface area contributed by atoms with Crippen LogP contribution in [-0.2, 0) is 16.1 Å². The monoisotopic (exact) mass is 420 g/mol. The lowest BCUT2D eigenvalue weighted by molar-refractivity contribution is -0.130. The lowest BCUT2D eigenvalue weighted by atomic mass is 10.0. The van der Waals surface area contributed by atoms with Gasteiger partial charge in [0.15, 0.2) is 11.9 Å². The summed E-state index contributed by atoms with van der Waals surface area (Å²) in [6.45, 7) is 1.79. The van der Waals surface area contributed by atoms with Crippen LogP contribution in [0.5, 0.6) is 11.5 Å². The number of methoxy groups -OCH3 is 1. The lowest BCUT2D eigenvalue weighted by Crippen LogP contribution is -2.09. The number of hydrogen-bond donors (Lipinski definition) is 1. The number of rotatable bonds is 8. The molecule has 0 saturated heterocycles. The number of ether oxygens (including phenoxy) is 3. The summed E-state index contributed by atoms with van der Waals surface area (Å²) in [5, 5.41) is 9.92. The van der Waals surface area contributed by atoms with Crippen LogP contribution < -0.4 is 9.47 Å². The van der Waals surface area contributed by atoms with Crippen LogP contribution in [-0.4, -0.2) is 24.3 Å². The zero-order valence-corrected chi connectivity index (χ0v) is 16.8. The molecule has 0 spiro atoms. The maximum Gasteiger partial charge on any atom is 0.339 e. The summed E-state index contributed by atoms with van der Waals surface area (Å²) in [6.07, 6.45) is 5.99. The van der Waals surface area contributed by atoms with Crippen LogP contribution in [0.4, 0.5) is 0 Å². The van der Waals surface area contributed by atoms with Crippen molar-refractivity contribution >= 4 is 34.7 Å². The molecule has 2 rings (SSSR count). The average molecular weight is 421 g/mol. The van der Waals surface area contributed by atoms with Gasteiger partial charge in [0.1, 0.15) is 17.9 Å². The maximum absolute atomic E-state index is 11.5. The standard InChI is InChI=1S/C21H18Cl2O5/c1-4-13(2)28-20-18(22)9-15(10-19(20)23)27-11-14-7-5-6-8-16(14)17(12-26-3)21(24)25/h1,5-10,12-13H,11H2,2-3H3,(H,24,25)/b17-12+. The number of carbonyl (C=O) groups is 1. The Morgan fingerprint density at radius 3 is 2.50 bits per heavy atom. The minimum Gasteiger partial charge on any atom is -0.503 e. The fraction of sp³-hybridized carbons (Fsp3) is 0.190. The largest absolute Gasteiger partial charge is 0.503 e. The van der Waals surface area contributed by atoms with E-state index in [2.05, 4.69) is 5.92 Å². The zero-order chi connectivity index (χ0) is 20.7. The topological polar surface area (TPSA) is 65.0 Å². The highest BCUT2D eigenvalue weighted by atomic mass is 35.5. The Hall–Kier alpha value is -2.81. The van der Waals surface area contributed by atoms with Crippen molar-refractivity contribution in [3.05, 3.63) is 63.8 Å². The molecule has 0 aliphatic heterocycles. The second-order valence-electron chi connectivity index (χ2n) is 5.66. The van der Waals surface area contributed by atoms with E-state index in [1.807, 2.05) is 0 Å². The fourth-order valence-corrected chi connectivity index (χ4v) is 2.92. The number of terminal acetylenes is 1. The van der Waals surface area contributed by atoms with E-state index in [0.29, 0.717) is 16.9 Å². The SMILES string of the molecule is C#CC(C)Oc1c(Cl)cc(OCc2ccccc2/C(=C\OC)C(=O)O)cc1Cl. The Morgan fingerprint density at radius 1 is 1.29 bits per heavy atom. The van der Waals surface area contributed by atoms with Crippen LogP contribution >= 0.6 is 23.2 Å². The van der Waals surface area contributed by atoms with Crippen LogP contribution in [0, 0.1) is 12.3 Å². The van der Waals surface area contributed by atoms with E-state index >= 15 is 0 Å². The van der Waals surface area contributed by atoms with Gasteiger partial charge in [-0.15, -0.1) is 6.42 Å². The van der Waals surface area contributed by atoms with Gasteiger partial charge in [0.2, 0.25) is 0 Å². The van der Waals surface area contributed by atoms with Crippen LogP contribution in [0.15, 0.2) is 42.7 Å². The first kappa shape index (κ1) is 21.5. The van der Waals surface area contributed by atoms with E-state index in [1.165, 1.54) is 13.4 Å². The van der Waals surface area contributed by atoms with Gasteiger partial charge in [-0.3, -0.25) is 0 Å². The zero-order valence-electron chi connectivity index (χ0n) is 15.2. The molecule has 0 aliphatic carbocycles. The molecule has 1 unspecified atom stereocenters. The number of carboxylic acids is 1.